The van der Waals surface area contributed by atoms with Crippen molar-refractivity contribution in [1.29, 1.82) is 0 Å². The first kappa shape index (κ1) is 17.2. The van der Waals surface area contributed by atoms with Crippen molar-refractivity contribution in [3.63, 3.8) is 0 Å². The van der Waals surface area contributed by atoms with E-state index < -0.39 is 15.8 Å². The largest absolute Gasteiger partial charge is 0.289 e. The summed E-state index contributed by atoms with van der Waals surface area (Å²) in [5.41, 5.74) is 1.20. The van der Waals surface area contributed by atoms with Gasteiger partial charge in [-0.05, 0) is 35.9 Å². The summed E-state index contributed by atoms with van der Waals surface area (Å²) in [4.78, 5) is 12.1. The van der Waals surface area contributed by atoms with Gasteiger partial charge in [-0.1, -0.05) is 35.9 Å². The number of benzene rings is 2. The van der Waals surface area contributed by atoms with E-state index in [4.69, 9.17) is 11.6 Å². The van der Waals surface area contributed by atoms with E-state index in [9.17, 15) is 17.6 Å². The van der Waals surface area contributed by atoms with Crippen molar-refractivity contribution >= 4 is 39.2 Å². The number of ketones is 1. The van der Waals surface area contributed by atoms with Crippen LogP contribution in [0.5, 0.6) is 0 Å². The van der Waals surface area contributed by atoms with Gasteiger partial charge >= 0.3 is 0 Å². The van der Waals surface area contributed by atoms with Gasteiger partial charge in [0.05, 0.1) is 11.3 Å². The highest BCUT2D eigenvalue weighted by Gasteiger charge is 2.06. The lowest BCUT2D eigenvalue weighted by atomic mass is 10.1. The average molecular weight is 354 g/mol. The number of anilines is 1. The fourth-order valence-corrected chi connectivity index (χ4v) is 2.58. The van der Waals surface area contributed by atoms with Crippen LogP contribution in [0, 0.1) is 5.82 Å². The lowest BCUT2D eigenvalue weighted by Gasteiger charge is -2.04. The van der Waals surface area contributed by atoms with E-state index in [1.807, 2.05) is 0 Å². The minimum atomic E-state index is -3.41. The van der Waals surface area contributed by atoms with Crippen molar-refractivity contribution < 1.29 is 17.6 Å². The van der Waals surface area contributed by atoms with Gasteiger partial charge in [-0.2, -0.15) is 0 Å². The highest BCUT2D eigenvalue weighted by molar-refractivity contribution is 7.92. The van der Waals surface area contributed by atoms with Crippen molar-refractivity contribution in [2.75, 3.05) is 11.0 Å². The van der Waals surface area contributed by atoms with Crippen molar-refractivity contribution in [3.8, 4) is 0 Å². The van der Waals surface area contributed by atoms with Crippen LogP contribution in [0.2, 0.25) is 5.02 Å². The number of allylic oxidation sites excluding steroid dienone is 1. The number of sulfonamides is 1. The third-order valence-corrected chi connectivity index (χ3v) is 3.72. The first-order valence-corrected chi connectivity index (χ1v) is 8.77. The summed E-state index contributed by atoms with van der Waals surface area (Å²) in [6.45, 7) is 0. The van der Waals surface area contributed by atoms with Crippen molar-refractivity contribution in [2.24, 2.45) is 0 Å². The van der Waals surface area contributed by atoms with Crippen molar-refractivity contribution in [2.45, 2.75) is 0 Å². The van der Waals surface area contributed by atoms with Crippen LogP contribution >= 0.6 is 11.6 Å². The van der Waals surface area contributed by atoms with E-state index in [0.717, 1.165) is 6.26 Å². The molecule has 23 heavy (non-hydrogen) atoms. The Labute approximate surface area is 138 Å². The number of carbonyl (C=O) groups excluding carboxylic acids is 1. The van der Waals surface area contributed by atoms with Crippen LogP contribution < -0.4 is 4.72 Å². The number of rotatable bonds is 5. The Kier molecular flexibility index (Phi) is 5.18. The second kappa shape index (κ2) is 6.93. The van der Waals surface area contributed by atoms with Crippen LogP contribution in [-0.2, 0) is 10.0 Å². The summed E-state index contributed by atoms with van der Waals surface area (Å²) in [7, 11) is -3.41. The van der Waals surface area contributed by atoms with Crippen LogP contribution in [0.3, 0.4) is 0 Å². The van der Waals surface area contributed by atoms with Gasteiger partial charge in [0, 0.05) is 11.3 Å². The molecule has 4 nitrogen and oxygen atoms in total. The fourth-order valence-electron chi connectivity index (χ4n) is 1.83. The van der Waals surface area contributed by atoms with E-state index >= 15 is 0 Å². The molecule has 0 aliphatic carbocycles. The molecule has 0 spiro atoms. The molecule has 2 aromatic rings. The molecule has 0 fully saturated rings. The minimum absolute atomic E-state index is 0.0288. The Balaban J connectivity index is 2.18. The van der Waals surface area contributed by atoms with Crippen LogP contribution in [0.4, 0.5) is 10.1 Å². The predicted molar refractivity (Wildman–Crippen MR) is 89.7 cm³/mol. The molecule has 0 radical (unpaired) electrons. The fraction of sp³-hybridized carbons (Fsp3) is 0.0625. The maximum Gasteiger partial charge on any atom is 0.229 e. The Morgan fingerprint density at radius 2 is 1.96 bits per heavy atom. The SMILES string of the molecule is CS(=O)(=O)Nc1cccc(C(=O)/C=C/c2ccc(F)c(Cl)c2)c1. The van der Waals surface area contributed by atoms with E-state index in [0.29, 0.717) is 16.8 Å². The molecule has 0 unspecified atom stereocenters. The van der Waals surface area contributed by atoms with Gasteiger partial charge in [0.1, 0.15) is 5.82 Å². The zero-order valence-electron chi connectivity index (χ0n) is 12.1. The van der Waals surface area contributed by atoms with Gasteiger partial charge in [0.2, 0.25) is 10.0 Å². The molecule has 2 aromatic carbocycles. The molecule has 0 aromatic heterocycles. The highest BCUT2D eigenvalue weighted by atomic mass is 35.5. The number of carbonyl (C=O) groups is 1. The number of hydrogen-bond acceptors (Lipinski definition) is 3. The molecule has 0 saturated carbocycles. The number of halogens is 2. The maximum atomic E-state index is 13.1. The molecule has 1 N–H and O–H groups in total. The summed E-state index contributed by atoms with van der Waals surface area (Å²) in [6.07, 6.45) is 3.84. The summed E-state index contributed by atoms with van der Waals surface area (Å²) in [6, 6.07) is 10.2. The van der Waals surface area contributed by atoms with Gasteiger partial charge in [-0.25, -0.2) is 12.8 Å². The molecule has 120 valence electrons. The van der Waals surface area contributed by atoms with Gasteiger partial charge in [-0.15, -0.1) is 0 Å². The summed E-state index contributed by atoms with van der Waals surface area (Å²) >= 11 is 5.67. The van der Waals surface area contributed by atoms with Gasteiger partial charge in [0.25, 0.3) is 0 Å². The molecule has 0 aliphatic heterocycles. The molecule has 7 heteroatoms. The Hall–Kier alpha value is -2.18. The predicted octanol–water partition coefficient (Wildman–Crippen LogP) is 3.75. The number of hydrogen-bond donors (Lipinski definition) is 1. The standard InChI is InChI=1S/C16H13ClFNO3S/c1-23(21,22)19-13-4-2-3-12(10-13)16(20)8-6-11-5-7-15(18)14(17)9-11/h2-10,19H,1H3/b8-6+. The van der Waals surface area contributed by atoms with Gasteiger partial charge < -0.3 is 0 Å². The molecule has 0 bridgehead atoms. The number of nitrogens with one attached hydrogen (secondary N) is 1. The second-order valence-electron chi connectivity index (χ2n) is 4.83. The molecule has 0 saturated heterocycles. The van der Waals surface area contributed by atoms with Crippen LogP contribution in [-0.4, -0.2) is 20.5 Å². The van der Waals surface area contributed by atoms with Crippen molar-refractivity contribution in [1.82, 2.24) is 0 Å². The minimum Gasteiger partial charge on any atom is -0.289 e. The summed E-state index contributed by atoms with van der Waals surface area (Å²) in [5, 5.41) is -0.0288. The molecule has 0 atom stereocenters. The third-order valence-electron chi connectivity index (χ3n) is 2.82. The Morgan fingerprint density at radius 3 is 2.61 bits per heavy atom. The molecule has 2 rings (SSSR count). The van der Waals surface area contributed by atoms with Crippen molar-refractivity contribution in [3.05, 3.63) is 70.5 Å². The molecular formula is C16H13ClFNO3S. The zero-order valence-corrected chi connectivity index (χ0v) is 13.7. The van der Waals surface area contributed by atoms with E-state index in [2.05, 4.69) is 4.72 Å². The van der Waals surface area contributed by atoms with E-state index in [1.165, 1.54) is 36.4 Å². The maximum absolute atomic E-state index is 13.1. The van der Waals surface area contributed by atoms with E-state index in [1.54, 1.807) is 18.2 Å². The molecule has 0 amide bonds. The monoisotopic (exact) mass is 353 g/mol. The first-order valence-electron chi connectivity index (χ1n) is 6.50. The highest BCUT2D eigenvalue weighted by Crippen LogP contribution is 2.18. The zero-order chi connectivity index (χ0) is 17.0. The molecule has 0 heterocycles. The summed E-state index contributed by atoms with van der Waals surface area (Å²) in [5.74, 6) is -0.850. The average Bonchev–Trinajstić information content (AvgIpc) is 2.46. The quantitative estimate of drug-likeness (QED) is 0.657. The van der Waals surface area contributed by atoms with Gasteiger partial charge in [0.15, 0.2) is 5.78 Å². The molecule has 0 aliphatic rings. The first-order chi connectivity index (χ1) is 10.7. The Morgan fingerprint density at radius 1 is 1.22 bits per heavy atom. The lowest BCUT2D eigenvalue weighted by Crippen LogP contribution is -2.10. The Bertz CT molecular complexity index is 879. The van der Waals surface area contributed by atoms with Crippen LogP contribution in [0.1, 0.15) is 15.9 Å². The smallest absolute Gasteiger partial charge is 0.229 e. The van der Waals surface area contributed by atoms with Gasteiger partial charge in [-0.3, -0.25) is 9.52 Å². The summed E-state index contributed by atoms with van der Waals surface area (Å²) < 4.78 is 37.8. The topological polar surface area (TPSA) is 63.2 Å². The molecular weight excluding hydrogens is 341 g/mol. The normalized spacial score (nSPS) is 11.6. The van der Waals surface area contributed by atoms with E-state index in [-0.39, 0.29) is 10.8 Å². The lowest BCUT2D eigenvalue weighted by molar-refractivity contribution is 0.104. The second-order valence-corrected chi connectivity index (χ2v) is 6.98. The third kappa shape index (κ3) is 5.19. The van der Waals surface area contributed by atoms with Crippen LogP contribution in [0.15, 0.2) is 48.5 Å². The van der Waals surface area contributed by atoms with Crippen LogP contribution in [0.25, 0.3) is 6.08 Å².